The number of rotatable bonds is 7. The number of nitrogens with one attached hydrogen (secondary N) is 3. The molecule has 7 nitrogen and oxygen atoms in total. The molecule has 0 saturated carbocycles. The van der Waals surface area contributed by atoms with Crippen LogP contribution in [0.3, 0.4) is 0 Å². The van der Waals surface area contributed by atoms with Gasteiger partial charge in [-0.3, -0.25) is 4.99 Å². The molecule has 2 aromatic rings. The van der Waals surface area contributed by atoms with Gasteiger partial charge in [0.05, 0.1) is 35.9 Å². The summed E-state index contributed by atoms with van der Waals surface area (Å²) in [5, 5.41) is 15.0. The molecule has 0 radical (unpaired) electrons. The number of hydrazine groups is 1. The van der Waals surface area contributed by atoms with Gasteiger partial charge in [0, 0.05) is 39.4 Å². The van der Waals surface area contributed by atoms with Crippen molar-refractivity contribution in [3.05, 3.63) is 71.1 Å². The number of aliphatic imine (C=N–C) groups is 1. The third kappa shape index (κ3) is 5.88. The first-order valence-corrected chi connectivity index (χ1v) is 11.4. The van der Waals surface area contributed by atoms with Crippen LogP contribution in [0.15, 0.2) is 59.4 Å². The van der Waals surface area contributed by atoms with Gasteiger partial charge in [-0.2, -0.15) is 0 Å². The van der Waals surface area contributed by atoms with Gasteiger partial charge in [-0.15, -0.1) is 0 Å². The average molecular weight is 434 g/mol. The second-order valence-electron chi connectivity index (χ2n) is 8.59. The van der Waals surface area contributed by atoms with Gasteiger partial charge in [-0.1, -0.05) is 30.3 Å². The molecule has 0 unspecified atom stereocenters. The molecular weight excluding hydrogens is 398 g/mol. The predicted molar refractivity (Wildman–Crippen MR) is 134 cm³/mol. The Morgan fingerprint density at radius 3 is 2.81 bits per heavy atom. The van der Waals surface area contributed by atoms with Crippen molar-refractivity contribution < 1.29 is 0 Å². The third-order valence-corrected chi connectivity index (χ3v) is 5.98. The van der Waals surface area contributed by atoms with Crippen molar-refractivity contribution in [2.45, 2.75) is 19.9 Å². The number of nitrogen functional groups attached to an aromatic ring is 1. The first kappa shape index (κ1) is 22.3. The Balaban J connectivity index is 1.36. The zero-order valence-corrected chi connectivity index (χ0v) is 19.2. The molecule has 0 atom stereocenters. The molecule has 0 aliphatic carbocycles. The van der Waals surface area contributed by atoms with E-state index in [0.29, 0.717) is 6.54 Å². The van der Waals surface area contributed by atoms with Crippen LogP contribution in [0.2, 0.25) is 0 Å². The standard InChI is InChI=1S/C25H35N7/c1-19-4-9-23(26)24(14-19)29-16-22-15-28-17-25(30-22)21-7-5-20(6-8-21)18-31(2)32-12-3-10-27-11-13-32/h4-9,14-15,27-29H,3,10-13,16-18,26H2,1-2H3. The van der Waals surface area contributed by atoms with E-state index < -0.39 is 0 Å². The van der Waals surface area contributed by atoms with E-state index in [1.54, 1.807) is 0 Å². The molecule has 0 bridgehead atoms. The highest BCUT2D eigenvalue weighted by molar-refractivity contribution is 6.03. The Morgan fingerprint density at radius 2 is 1.97 bits per heavy atom. The summed E-state index contributed by atoms with van der Waals surface area (Å²) in [6.45, 7) is 8.67. The summed E-state index contributed by atoms with van der Waals surface area (Å²) in [6, 6.07) is 14.8. The van der Waals surface area contributed by atoms with Crippen LogP contribution in [0.5, 0.6) is 0 Å². The molecule has 0 aromatic heterocycles. The van der Waals surface area contributed by atoms with Crippen molar-refractivity contribution in [1.82, 2.24) is 20.7 Å². The molecular formula is C25H35N7. The highest BCUT2D eigenvalue weighted by Gasteiger charge is 2.14. The number of anilines is 2. The van der Waals surface area contributed by atoms with Gasteiger partial charge in [-0.05, 0) is 48.7 Å². The second kappa shape index (κ2) is 10.6. The molecule has 1 fully saturated rings. The molecule has 1 saturated heterocycles. The molecule has 4 rings (SSSR count). The predicted octanol–water partition coefficient (Wildman–Crippen LogP) is 2.57. The van der Waals surface area contributed by atoms with Gasteiger partial charge in [-0.25, -0.2) is 10.0 Å². The summed E-state index contributed by atoms with van der Waals surface area (Å²) in [5.74, 6) is 0. The largest absolute Gasteiger partial charge is 0.397 e. The molecule has 5 N–H and O–H groups in total. The smallest absolute Gasteiger partial charge is 0.0755 e. The summed E-state index contributed by atoms with van der Waals surface area (Å²) in [6.07, 6.45) is 3.17. The quantitative estimate of drug-likeness (QED) is 0.503. The number of benzene rings is 2. The minimum atomic E-state index is 0.623. The average Bonchev–Trinajstić information content (AvgIpc) is 3.10. The second-order valence-corrected chi connectivity index (χ2v) is 8.59. The minimum absolute atomic E-state index is 0.623. The fourth-order valence-corrected chi connectivity index (χ4v) is 4.12. The van der Waals surface area contributed by atoms with Gasteiger partial charge in [0.1, 0.15) is 0 Å². The number of hydrogen-bond acceptors (Lipinski definition) is 7. The van der Waals surface area contributed by atoms with Gasteiger partial charge < -0.3 is 21.7 Å². The van der Waals surface area contributed by atoms with E-state index in [-0.39, 0.29) is 0 Å². The van der Waals surface area contributed by atoms with E-state index in [1.165, 1.54) is 17.5 Å². The van der Waals surface area contributed by atoms with Crippen molar-refractivity contribution in [3.63, 3.8) is 0 Å². The third-order valence-electron chi connectivity index (χ3n) is 5.98. The summed E-state index contributed by atoms with van der Waals surface area (Å²) < 4.78 is 0. The van der Waals surface area contributed by atoms with Gasteiger partial charge in [0.2, 0.25) is 0 Å². The van der Waals surface area contributed by atoms with Crippen LogP contribution < -0.4 is 21.7 Å². The van der Waals surface area contributed by atoms with Crippen molar-refractivity contribution in [2.24, 2.45) is 4.99 Å². The Bertz CT molecular complexity index is 957. The van der Waals surface area contributed by atoms with E-state index in [9.17, 15) is 0 Å². The maximum Gasteiger partial charge on any atom is 0.0755 e. The van der Waals surface area contributed by atoms with Crippen LogP contribution in [-0.2, 0) is 6.54 Å². The minimum Gasteiger partial charge on any atom is -0.397 e. The van der Waals surface area contributed by atoms with E-state index >= 15 is 0 Å². The summed E-state index contributed by atoms with van der Waals surface area (Å²) in [4.78, 5) is 4.88. The van der Waals surface area contributed by atoms with Gasteiger partial charge in [0.25, 0.3) is 0 Å². The Hall–Kier alpha value is -2.87. The molecule has 2 aliphatic rings. The van der Waals surface area contributed by atoms with E-state index in [0.717, 1.165) is 67.6 Å². The van der Waals surface area contributed by atoms with Crippen LogP contribution >= 0.6 is 0 Å². The fraction of sp³-hybridized carbons (Fsp3) is 0.400. The lowest BCUT2D eigenvalue weighted by Crippen LogP contribution is -2.41. The van der Waals surface area contributed by atoms with Crippen LogP contribution in [0.1, 0.15) is 23.1 Å². The zero-order chi connectivity index (χ0) is 22.3. The van der Waals surface area contributed by atoms with Crippen LogP contribution in [-0.4, -0.2) is 62.0 Å². The number of nitrogens with two attached hydrogens (primary N) is 1. The Labute approximate surface area is 191 Å². The molecule has 2 heterocycles. The summed E-state index contributed by atoms with van der Waals surface area (Å²) in [5.41, 5.74) is 13.4. The SMILES string of the molecule is Cc1ccc(N)c(NCC2=CNCC(c3ccc(CN(C)N4CCCNCC4)cc3)=N2)c1. The molecule has 32 heavy (non-hydrogen) atoms. The van der Waals surface area contributed by atoms with E-state index in [4.69, 9.17) is 10.7 Å². The summed E-state index contributed by atoms with van der Waals surface area (Å²) >= 11 is 0. The van der Waals surface area contributed by atoms with E-state index in [2.05, 4.69) is 70.3 Å². The zero-order valence-electron chi connectivity index (χ0n) is 19.2. The van der Waals surface area contributed by atoms with Crippen LogP contribution in [0.4, 0.5) is 11.4 Å². The van der Waals surface area contributed by atoms with Crippen molar-refractivity contribution in [3.8, 4) is 0 Å². The molecule has 170 valence electrons. The lowest BCUT2D eigenvalue weighted by Gasteiger charge is -2.30. The highest BCUT2D eigenvalue weighted by atomic mass is 15.6. The molecule has 0 amide bonds. The first-order valence-electron chi connectivity index (χ1n) is 11.4. The normalized spacial score (nSPS) is 17.3. The topological polar surface area (TPSA) is 81.0 Å². The van der Waals surface area contributed by atoms with E-state index in [1.807, 2.05) is 18.3 Å². The van der Waals surface area contributed by atoms with Crippen LogP contribution in [0, 0.1) is 6.92 Å². The number of nitrogens with zero attached hydrogens (tertiary/aromatic N) is 3. The van der Waals surface area contributed by atoms with Crippen molar-refractivity contribution in [2.75, 3.05) is 57.4 Å². The monoisotopic (exact) mass is 433 g/mol. The Morgan fingerprint density at radius 1 is 1.12 bits per heavy atom. The highest BCUT2D eigenvalue weighted by Crippen LogP contribution is 2.20. The molecule has 0 spiro atoms. The number of aryl methyl sites for hydroxylation is 1. The lowest BCUT2D eigenvalue weighted by molar-refractivity contribution is -0.00185. The fourth-order valence-electron chi connectivity index (χ4n) is 4.12. The van der Waals surface area contributed by atoms with Gasteiger partial charge >= 0.3 is 0 Å². The van der Waals surface area contributed by atoms with Crippen molar-refractivity contribution in [1.29, 1.82) is 0 Å². The molecule has 2 aromatic carbocycles. The maximum atomic E-state index is 6.08. The summed E-state index contributed by atoms with van der Waals surface area (Å²) in [7, 11) is 2.18. The van der Waals surface area contributed by atoms with Crippen molar-refractivity contribution >= 4 is 17.1 Å². The Kier molecular flexibility index (Phi) is 7.42. The van der Waals surface area contributed by atoms with Crippen LogP contribution in [0.25, 0.3) is 0 Å². The molecule has 7 heteroatoms. The lowest BCUT2D eigenvalue weighted by atomic mass is 10.1. The maximum absolute atomic E-state index is 6.08. The first-order chi connectivity index (χ1) is 15.6. The number of hydrogen-bond donors (Lipinski definition) is 4. The van der Waals surface area contributed by atoms with Gasteiger partial charge in [0.15, 0.2) is 0 Å². The molecule has 2 aliphatic heterocycles.